The molecule has 0 saturated heterocycles. The summed E-state index contributed by atoms with van der Waals surface area (Å²) in [6, 6.07) is 11.3. The van der Waals surface area contributed by atoms with E-state index in [1.54, 1.807) is 6.26 Å². The van der Waals surface area contributed by atoms with Crippen LogP contribution in [0.5, 0.6) is 0 Å². The van der Waals surface area contributed by atoms with Crippen LogP contribution in [0.4, 0.5) is 0 Å². The molecule has 1 aromatic carbocycles. The molecule has 0 amide bonds. The zero-order chi connectivity index (χ0) is 12.8. The molecule has 0 aliphatic rings. The van der Waals surface area contributed by atoms with Crippen molar-refractivity contribution in [3.05, 3.63) is 59.5 Å². The van der Waals surface area contributed by atoms with Crippen LogP contribution in [0.15, 0.2) is 52.2 Å². The normalized spacial score (nSPS) is 11.7. The van der Waals surface area contributed by atoms with Crippen LogP contribution in [-0.4, -0.2) is 11.0 Å². The fourth-order valence-corrected chi connectivity index (χ4v) is 1.59. The molecule has 1 aromatic heterocycles. The molecule has 0 fully saturated rings. The second-order valence-corrected chi connectivity index (χ2v) is 3.87. The second-order valence-electron chi connectivity index (χ2n) is 3.87. The third kappa shape index (κ3) is 3.11. The summed E-state index contributed by atoms with van der Waals surface area (Å²) in [7, 11) is 0. The number of benzene rings is 1. The van der Waals surface area contributed by atoms with Crippen molar-refractivity contribution >= 4 is 5.84 Å². The Balaban J connectivity index is 1.87. The molecule has 94 valence electrons. The number of hydrogen-bond acceptors (Lipinski definition) is 4. The van der Waals surface area contributed by atoms with E-state index in [0.29, 0.717) is 12.1 Å². The zero-order valence-electron chi connectivity index (χ0n) is 9.84. The van der Waals surface area contributed by atoms with E-state index < -0.39 is 0 Å². The minimum absolute atomic E-state index is 0.116. The minimum atomic E-state index is 0.116. The summed E-state index contributed by atoms with van der Waals surface area (Å²) < 4.78 is 5.21. The van der Waals surface area contributed by atoms with E-state index in [1.807, 2.05) is 36.4 Å². The standard InChI is InChI=1S/C13H15N3O2/c14-13(16-17)11-5-3-10(4-6-11)8-15-9-12-2-1-7-18-12/h1-7,15,17H,8-9H2,(H2,14,16). The van der Waals surface area contributed by atoms with Crippen LogP contribution in [0.1, 0.15) is 16.9 Å². The number of nitrogens with zero attached hydrogens (tertiary/aromatic N) is 1. The SMILES string of the molecule is NC(=NO)c1ccc(CNCc2ccco2)cc1. The number of nitrogens with one attached hydrogen (secondary N) is 1. The average molecular weight is 245 g/mol. The third-order valence-corrected chi connectivity index (χ3v) is 2.57. The van der Waals surface area contributed by atoms with Crippen LogP contribution in [0.25, 0.3) is 0 Å². The molecule has 0 aliphatic carbocycles. The molecule has 0 aliphatic heterocycles. The molecule has 2 rings (SSSR count). The predicted octanol–water partition coefficient (Wildman–Crippen LogP) is 1.66. The van der Waals surface area contributed by atoms with Crippen LogP contribution in [0.2, 0.25) is 0 Å². The predicted molar refractivity (Wildman–Crippen MR) is 68.2 cm³/mol. The summed E-state index contributed by atoms with van der Waals surface area (Å²) in [6.07, 6.45) is 1.66. The number of nitrogens with two attached hydrogens (primary N) is 1. The Morgan fingerprint density at radius 1 is 1.22 bits per heavy atom. The van der Waals surface area contributed by atoms with E-state index in [2.05, 4.69) is 10.5 Å². The molecule has 0 spiro atoms. The Labute approximate surface area is 105 Å². The summed E-state index contributed by atoms with van der Waals surface area (Å²) >= 11 is 0. The lowest BCUT2D eigenvalue weighted by Gasteiger charge is -2.04. The summed E-state index contributed by atoms with van der Waals surface area (Å²) in [5.74, 6) is 1.02. The highest BCUT2D eigenvalue weighted by Crippen LogP contribution is 2.05. The fourth-order valence-electron chi connectivity index (χ4n) is 1.59. The Morgan fingerprint density at radius 3 is 2.61 bits per heavy atom. The van der Waals surface area contributed by atoms with E-state index in [9.17, 15) is 0 Å². The number of rotatable bonds is 5. The van der Waals surface area contributed by atoms with Crippen LogP contribution >= 0.6 is 0 Å². The molecule has 0 radical (unpaired) electrons. The zero-order valence-corrected chi connectivity index (χ0v) is 9.84. The number of hydrogen-bond donors (Lipinski definition) is 3. The molecule has 5 nitrogen and oxygen atoms in total. The van der Waals surface area contributed by atoms with Gasteiger partial charge in [-0.05, 0) is 17.7 Å². The average Bonchev–Trinajstić information content (AvgIpc) is 2.92. The van der Waals surface area contributed by atoms with Crippen molar-refractivity contribution in [2.45, 2.75) is 13.1 Å². The van der Waals surface area contributed by atoms with Gasteiger partial charge in [-0.25, -0.2) is 0 Å². The topological polar surface area (TPSA) is 83.8 Å². The summed E-state index contributed by atoms with van der Waals surface area (Å²) in [5.41, 5.74) is 7.30. The first-order valence-electron chi connectivity index (χ1n) is 5.59. The molecule has 5 heteroatoms. The van der Waals surface area contributed by atoms with Crippen molar-refractivity contribution in [1.82, 2.24) is 5.32 Å². The molecular weight excluding hydrogens is 230 g/mol. The highest BCUT2D eigenvalue weighted by molar-refractivity contribution is 5.96. The molecule has 18 heavy (non-hydrogen) atoms. The van der Waals surface area contributed by atoms with Gasteiger partial charge in [0.2, 0.25) is 0 Å². The first-order chi connectivity index (χ1) is 8.79. The number of oxime groups is 1. The van der Waals surface area contributed by atoms with Crippen molar-refractivity contribution in [3.63, 3.8) is 0 Å². The third-order valence-electron chi connectivity index (χ3n) is 2.57. The van der Waals surface area contributed by atoms with E-state index in [-0.39, 0.29) is 5.84 Å². The summed E-state index contributed by atoms with van der Waals surface area (Å²) in [6.45, 7) is 1.42. The molecule has 0 bridgehead atoms. The van der Waals surface area contributed by atoms with Crippen LogP contribution in [-0.2, 0) is 13.1 Å². The van der Waals surface area contributed by atoms with Crippen LogP contribution in [0.3, 0.4) is 0 Å². The Bertz CT molecular complexity index is 504. The Kier molecular flexibility index (Phi) is 3.98. The lowest BCUT2D eigenvalue weighted by atomic mass is 10.1. The van der Waals surface area contributed by atoms with Crippen molar-refractivity contribution in [3.8, 4) is 0 Å². The van der Waals surface area contributed by atoms with Crippen molar-refractivity contribution < 1.29 is 9.62 Å². The van der Waals surface area contributed by atoms with Gasteiger partial charge in [0.25, 0.3) is 0 Å². The monoisotopic (exact) mass is 245 g/mol. The Hall–Kier alpha value is -2.27. The first kappa shape index (κ1) is 12.2. The van der Waals surface area contributed by atoms with E-state index >= 15 is 0 Å². The van der Waals surface area contributed by atoms with Gasteiger partial charge in [0.1, 0.15) is 5.76 Å². The number of furan rings is 1. The van der Waals surface area contributed by atoms with Crippen molar-refractivity contribution in [1.29, 1.82) is 0 Å². The maximum absolute atomic E-state index is 8.54. The fraction of sp³-hybridized carbons (Fsp3) is 0.154. The van der Waals surface area contributed by atoms with Gasteiger partial charge in [0, 0.05) is 12.1 Å². The largest absolute Gasteiger partial charge is 0.468 e. The quantitative estimate of drug-likeness (QED) is 0.324. The van der Waals surface area contributed by atoms with Gasteiger partial charge in [0.05, 0.1) is 12.8 Å². The van der Waals surface area contributed by atoms with E-state index in [4.69, 9.17) is 15.4 Å². The van der Waals surface area contributed by atoms with Gasteiger partial charge >= 0.3 is 0 Å². The van der Waals surface area contributed by atoms with Gasteiger partial charge < -0.3 is 20.7 Å². The first-order valence-corrected chi connectivity index (χ1v) is 5.59. The molecule has 0 unspecified atom stereocenters. The lowest BCUT2D eigenvalue weighted by molar-refractivity contribution is 0.318. The highest BCUT2D eigenvalue weighted by Gasteiger charge is 1.99. The van der Waals surface area contributed by atoms with Crippen molar-refractivity contribution in [2.75, 3.05) is 0 Å². The highest BCUT2D eigenvalue weighted by atomic mass is 16.4. The molecule has 4 N–H and O–H groups in total. The smallest absolute Gasteiger partial charge is 0.170 e. The molecule has 1 heterocycles. The van der Waals surface area contributed by atoms with Crippen LogP contribution in [0, 0.1) is 0 Å². The van der Waals surface area contributed by atoms with Gasteiger partial charge in [-0.1, -0.05) is 29.4 Å². The molecular formula is C13H15N3O2. The summed E-state index contributed by atoms with van der Waals surface area (Å²) in [5, 5.41) is 14.8. The Morgan fingerprint density at radius 2 is 2.00 bits per heavy atom. The van der Waals surface area contributed by atoms with Gasteiger partial charge in [-0.15, -0.1) is 0 Å². The molecule has 0 atom stereocenters. The van der Waals surface area contributed by atoms with Gasteiger partial charge in [-0.3, -0.25) is 0 Å². The maximum atomic E-state index is 8.54. The second kappa shape index (κ2) is 5.88. The van der Waals surface area contributed by atoms with Crippen LogP contribution < -0.4 is 11.1 Å². The maximum Gasteiger partial charge on any atom is 0.170 e. The van der Waals surface area contributed by atoms with E-state index in [1.165, 1.54) is 0 Å². The molecule has 2 aromatic rings. The van der Waals surface area contributed by atoms with Gasteiger partial charge in [0.15, 0.2) is 5.84 Å². The summed E-state index contributed by atoms with van der Waals surface area (Å²) in [4.78, 5) is 0. The minimum Gasteiger partial charge on any atom is -0.468 e. The van der Waals surface area contributed by atoms with E-state index in [0.717, 1.165) is 17.9 Å². The molecule has 0 saturated carbocycles. The lowest BCUT2D eigenvalue weighted by Crippen LogP contribution is -2.14. The van der Waals surface area contributed by atoms with Gasteiger partial charge in [-0.2, -0.15) is 0 Å². The van der Waals surface area contributed by atoms with Crippen molar-refractivity contribution in [2.24, 2.45) is 10.9 Å². The number of amidine groups is 1.